The van der Waals surface area contributed by atoms with Gasteiger partial charge in [-0.2, -0.15) is 0 Å². The maximum atomic E-state index is 5.02. The molecule has 0 spiro atoms. The van der Waals surface area contributed by atoms with Crippen LogP contribution in [0.15, 0.2) is 174 Å². The molecular formula is C45H43N3. The minimum Gasteiger partial charge on any atom is -0.373 e. The number of benzene rings is 6. The summed E-state index contributed by atoms with van der Waals surface area (Å²) < 4.78 is 0. The molecule has 0 aliphatic heterocycles. The van der Waals surface area contributed by atoms with Gasteiger partial charge in [0.25, 0.3) is 0 Å². The second-order valence-electron chi connectivity index (χ2n) is 12.1. The lowest BCUT2D eigenvalue weighted by atomic mass is 9.70. The number of hydrogen-bond acceptors (Lipinski definition) is 1. The predicted molar refractivity (Wildman–Crippen MR) is 204 cm³/mol. The predicted octanol–water partition coefficient (Wildman–Crippen LogP) is 10.7. The summed E-state index contributed by atoms with van der Waals surface area (Å²) in [5, 5.41) is 3.26. The van der Waals surface area contributed by atoms with Crippen LogP contribution in [0.5, 0.6) is 0 Å². The highest BCUT2D eigenvalue weighted by atomic mass is 15.0. The van der Waals surface area contributed by atoms with Crippen LogP contribution in [0.2, 0.25) is 0 Å². The highest BCUT2D eigenvalue weighted by Crippen LogP contribution is 2.40. The normalized spacial score (nSPS) is 12.1. The second kappa shape index (κ2) is 15.4. The van der Waals surface area contributed by atoms with Gasteiger partial charge in [0.15, 0.2) is 5.84 Å². The molecule has 6 aromatic rings. The molecule has 0 unspecified atom stereocenters. The summed E-state index contributed by atoms with van der Waals surface area (Å²) in [6.45, 7) is 5.14. The van der Waals surface area contributed by atoms with E-state index in [1.807, 2.05) is 43.4 Å². The van der Waals surface area contributed by atoms with Gasteiger partial charge < -0.3 is 5.32 Å². The number of amidine groups is 2. The van der Waals surface area contributed by atoms with Crippen molar-refractivity contribution in [1.82, 2.24) is 5.32 Å². The van der Waals surface area contributed by atoms with Crippen molar-refractivity contribution in [1.29, 1.82) is 0 Å². The van der Waals surface area contributed by atoms with E-state index in [-0.39, 0.29) is 5.41 Å². The monoisotopic (exact) mass is 625 g/mol. The summed E-state index contributed by atoms with van der Waals surface area (Å²) in [4.78, 5) is 10.00. The fraction of sp³-hybridized carbons (Fsp3) is 0.156. The van der Waals surface area contributed by atoms with Gasteiger partial charge in [0, 0.05) is 23.6 Å². The van der Waals surface area contributed by atoms with Crippen LogP contribution in [-0.2, 0) is 12.0 Å². The third-order valence-corrected chi connectivity index (χ3v) is 9.40. The summed E-state index contributed by atoms with van der Waals surface area (Å²) in [7, 11) is 1.90. The fourth-order valence-corrected chi connectivity index (χ4v) is 6.56. The summed E-state index contributed by atoms with van der Waals surface area (Å²) in [6, 6.07) is 58.0. The first-order chi connectivity index (χ1) is 23.6. The minimum absolute atomic E-state index is 0.0664. The number of aliphatic imine (C=N–C) groups is 2. The zero-order chi connectivity index (χ0) is 33.2. The average molecular weight is 626 g/mol. The number of rotatable bonds is 10. The van der Waals surface area contributed by atoms with Crippen molar-refractivity contribution in [3.63, 3.8) is 0 Å². The molecule has 6 rings (SSSR count). The van der Waals surface area contributed by atoms with Crippen molar-refractivity contribution in [2.24, 2.45) is 9.98 Å². The molecule has 0 aliphatic carbocycles. The zero-order valence-electron chi connectivity index (χ0n) is 28.1. The Morgan fingerprint density at radius 3 is 1.54 bits per heavy atom. The first-order valence-electron chi connectivity index (χ1n) is 16.9. The van der Waals surface area contributed by atoms with Crippen molar-refractivity contribution in [2.45, 2.75) is 38.6 Å². The quantitative estimate of drug-likeness (QED) is 0.119. The van der Waals surface area contributed by atoms with Gasteiger partial charge in [0.05, 0.1) is 6.54 Å². The Morgan fingerprint density at radius 2 is 1.00 bits per heavy atom. The molecule has 1 N–H and O–H groups in total. The van der Waals surface area contributed by atoms with Gasteiger partial charge in [-0.3, -0.25) is 4.99 Å². The molecular weight excluding hydrogens is 583 g/mol. The van der Waals surface area contributed by atoms with Gasteiger partial charge >= 0.3 is 0 Å². The van der Waals surface area contributed by atoms with Gasteiger partial charge in [-0.25, -0.2) is 4.99 Å². The van der Waals surface area contributed by atoms with Gasteiger partial charge in [-0.05, 0) is 57.9 Å². The molecule has 0 aromatic heterocycles. The van der Waals surface area contributed by atoms with Crippen molar-refractivity contribution < 1.29 is 0 Å². The topological polar surface area (TPSA) is 36.8 Å². The number of nitrogens with zero attached hydrogens (tertiary/aromatic N) is 2. The minimum atomic E-state index is -0.0664. The molecule has 0 saturated heterocycles. The molecule has 0 saturated carbocycles. The Balaban J connectivity index is 1.25. The Morgan fingerprint density at radius 1 is 0.521 bits per heavy atom. The van der Waals surface area contributed by atoms with Gasteiger partial charge in [-0.15, -0.1) is 0 Å². The van der Waals surface area contributed by atoms with Crippen LogP contribution in [0.1, 0.15) is 54.5 Å². The van der Waals surface area contributed by atoms with E-state index in [1.165, 1.54) is 33.4 Å². The number of hydrogen-bond donors (Lipinski definition) is 1. The molecule has 0 heterocycles. The summed E-state index contributed by atoms with van der Waals surface area (Å²) >= 11 is 0. The standard InChI is InChI=1S/C45H43N3/c1-4-45(5-2,42-30-26-36(27-31-42)40-23-15-22-39(32-40)35-16-9-6-10-17-35)41-28-24-34(25-29-41)33-47-44(38-20-13-8-14-21-38)48-43(46-3)37-18-11-7-12-19-37/h6-32H,4-5,33H2,1-3H3,(H,46,47,48). The van der Waals surface area contributed by atoms with Crippen molar-refractivity contribution >= 4 is 11.7 Å². The lowest BCUT2D eigenvalue weighted by molar-refractivity contribution is 0.478. The molecule has 0 bridgehead atoms. The molecule has 0 radical (unpaired) electrons. The molecule has 3 heteroatoms. The molecule has 0 aliphatic rings. The zero-order valence-corrected chi connectivity index (χ0v) is 28.1. The van der Waals surface area contributed by atoms with E-state index in [1.54, 1.807) is 0 Å². The van der Waals surface area contributed by atoms with Crippen LogP contribution >= 0.6 is 0 Å². The van der Waals surface area contributed by atoms with Crippen molar-refractivity contribution in [3.8, 4) is 22.3 Å². The number of nitrogens with one attached hydrogen (secondary N) is 1. The summed E-state index contributed by atoms with van der Waals surface area (Å²) in [6.07, 6.45) is 2.03. The Bertz CT molecular complexity index is 1950. The van der Waals surface area contributed by atoms with Crippen molar-refractivity contribution in [3.05, 3.63) is 192 Å². The molecule has 0 atom stereocenters. The highest BCUT2D eigenvalue weighted by Gasteiger charge is 2.30. The third-order valence-electron chi connectivity index (χ3n) is 9.40. The van der Waals surface area contributed by atoms with Crippen molar-refractivity contribution in [2.75, 3.05) is 7.05 Å². The fourth-order valence-electron chi connectivity index (χ4n) is 6.56. The highest BCUT2D eigenvalue weighted by molar-refractivity contribution is 6.11. The van der Waals surface area contributed by atoms with E-state index in [2.05, 4.69) is 147 Å². The molecule has 0 amide bonds. The molecule has 6 aromatic carbocycles. The van der Waals surface area contributed by atoms with Crippen LogP contribution in [0.3, 0.4) is 0 Å². The first kappa shape index (κ1) is 32.4. The van der Waals surface area contributed by atoms with E-state index in [0.717, 1.165) is 35.4 Å². The van der Waals surface area contributed by atoms with Crippen LogP contribution in [0, 0.1) is 0 Å². The van der Waals surface area contributed by atoms with Gasteiger partial charge in [0.2, 0.25) is 0 Å². The lowest BCUT2D eigenvalue weighted by Crippen LogP contribution is -2.26. The smallest absolute Gasteiger partial charge is 0.157 e. The van der Waals surface area contributed by atoms with Gasteiger partial charge in [-0.1, -0.05) is 172 Å². The van der Waals surface area contributed by atoms with Crippen LogP contribution < -0.4 is 5.32 Å². The van der Waals surface area contributed by atoms with E-state index in [0.29, 0.717) is 12.4 Å². The van der Waals surface area contributed by atoms with Gasteiger partial charge in [0.1, 0.15) is 5.84 Å². The molecule has 0 fully saturated rings. The SMILES string of the molecule is CCC(CC)(c1ccc(C/N=C(\N=C(/NC)c2ccccc2)c2ccccc2)cc1)c1ccc(-c2cccc(-c3ccccc3)c2)cc1. The largest absolute Gasteiger partial charge is 0.373 e. The second-order valence-corrected chi connectivity index (χ2v) is 12.1. The van der Waals surface area contributed by atoms with E-state index in [4.69, 9.17) is 9.98 Å². The van der Waals surface area contributed by atoms with E-state index >= 15 is 0 Å². The van der Waals surface area contributed by atoms with Crippen LogP contribution in [-0.4, -0.2) is 18.7 Å². The summed E-state index contributed by atoms with van der Waals surface area (Å²) in [5.41, 5.74) is 10.7. The maximum Gasteiger partial charge on any atom is 0.157 e. The van der Waals surface area contributed by atoms with Crippen LogP contribution in [0.25, 0.3) is 22.3 Å². The Labute approximate surface area is 285 Å². The van der Waals surface area contributed by atoms with Crippen LogP contribution in [0.4, 0.5) is 0 Å². The lowest BCUT2D eigenvalue weighted by Gasteiger charge is -2.33. The molecule has 3 nitrogen and oxygen atoms in total. The third kappa shape index (κ3) is 7.21. The Kier molecular flexibility index (Phi) is 10.4. The Hall–Kier alpha value is -5.54. The van der Waals surface area contributed by atoms with E-state index < -0.39 is 0 Å². The first-order valence-corrected chi connectivity index (χ1v) is 16.9. The average Bonchev–Trinajstić information content (AvgIpc) is 3.17. The molecule has 48 heavy (non-hydrogen) atoms. The van der Waals surface area contributed by atoms with E-state index in [9.17, 15) is 0 Å². The summed E-state index contributed by atoms with van der Waals surface area (Å²) in [5.74, 6) is 1.50. The maximum absolute atomic E-state index is 5.02. The molecule has 238 valence electrons.